The standard InChI is InChI=1S/C22H22FN5O3/c1-12-3-2-4-13(23)20(12)14-9-16(21-15(25-14)10-24-22(21)31)28-8-6-19(26-28)27-7-5-17(29)18(30)11-27/h2-4,6,8-9,17-18,29-30H,5,7,10-11H2,1H3,(H,24,31). The number of pyridine rings is 1. The first-order chi connectivity index (χ1) is 14.9. The Kier molecular flexibility index (Phi) is 4.71. The number of halogens is 1. The van der Waals surface area contributed by atoms with Crippen LogP contribution in [0.5, 0.6) is 0 Å². The number of amides is 1. The predicted octanol–water partition coefficient (Wildman–Crippen LogP) is 1.56. The Morgan fingerprint density at radius 3 is 2.81 bits per heavy atom. The molecule has 0 bridgehead atoms. The van der Waals surface area contributed by atoms with Gasteiger partial charge in [-0.25, -0.2) is 14.1 Å². The molecule has 1 aromatic carbocycles. The van der Waals surface area contributed by atoms with E-state index in [0.717, 1.165) is 5.56 Å². The molecule has 1 fully saturated rings. The molecule has 2 atom stereocenters. The van der Waals surface area contributed by atoms with Crippen molar-refractivity contribution in [1.82, 2.24) is 20.1 Å². The van der Waals surface area contributed by atoms with Gasteiger partial charge in [0.25, 0.3) is 5.91 Å². The summed E-state index contributed by atoms with van der Waals surface area (Å²) in [4.78, 5) is 18.9. The van der Waals surface area contributed by atoms with Gasteiger partial charge in [-0.2, -0.15) is 5.10 Å². The van der Waals surface area contributed by atoms with Gasteiger partial charge in [0.15, 0.2) is 5.82 Å². The lowest BCUT2D eigenvalue weighted by molar-refractivity contribution is 0.00785. The van der Waals surface area contributed by atoms with Gasteiger partial charge in [0.05, 0.1) is 41.4 Å². The van der Waals surface area contributed by atoms with Crippen LogP contribution in [0, 0.1) is 12.7 Å². The molecule has 1 amide bonds. The number of carbonyl (C=O) groups is 1. The molecule has 31 heavy (non-hydrogen) atoms. The Morgan fingerprint density at radius 1 is 1.19 bits per heavy atom. The highest BCUT2D eigenvalue weighted by molar-refractivity contribution is 6.01. The second-order valence-electron chi connectivity index (χ2n) is 7.95. The molecule has 0 saturated carbocycles. The van der Waals surface area contributed by atoms with Crippen molar-refractivity contribution < 1.29 is 19.4 Å². The molecular weight excluding hydrogens is 401 g/mol. The number of aryl methyl sites for hydroxylation is 1. The van der Waals surface area contributed by atoms with Gasteiger partial charge in [-0.1, -0.05) is 12.1 Å². The van der Waals surface area contributed by atoms with Crippen LogP contribution in [-0.4, -0.2) is 56.2 Å². The summed E-state index contributed by atoms with van der Waals surface area (Å²) in [7, 11) is 0. The van der Waals surface area contributed by atoms with E-state index in [9.17, 15) is 19.4 Å². The Balaban J connectivity index is 1.59. The molecule has 2 aliphatic heterocycles. The fourth-order valence-electron chi connectivity index (χ4n) is 4.22. The molecule has 4 heterocycles. The zero-order valence-corrected chi connectivity index (χ0v) is 16.9. The van der Waals surface area contributed by atoms with Crippen molar-refractivity contribution in [3.8, 4) is 16.9 Å². The molecule has 2 unspecified atom stereocenters. The average molecular weight is 423 g/mol. The molecule has 9 heteroatoms. The predicted molar refractivity (Wildman–Crippen MR) is 112 cm³/mol. The van der Waals surface area contributed by atoms with E-state index in [0.29, 0.717) is 47.0 Å². The van der Waals surface area contributed by atoms with Crippen molar-refractivity contribution in [2.45, 2.75) is 32.1 Å². The van der Waals surface area contributed by atoms with Crippen LogP contribution in [0.2, 0.25) is 0 Å². The van der Waals surface area contributed by atoms with Crippen LogP contribution in [0.1, 0.15) is 28.0 Å². The molecule has 2 aliphatic rings. The maximum atomic E-state index is 14.6. The minimum atomic E-state index is -0.842. The number of aliphatic hydroxyl groups excluding tert-OH is 2. The van der Waals surface area contributed by atoms with E-state index in [4.69, 9.17) is 0 Å². The quantitative estimate of drug-likeness (QED) is 0.591. The minimum absolute atomic E-state index is 0.247. The summed E-state index contributed by atoms with van der Waals surface area (Å²) in [5, 5.41) is 27.1. The van der Waals surface area contributed by atoms with E-state index in [-0.39, 0.29) is 24.8 Å². The number of carbonyl (C=O) groups excluding carboxylic acids is 1. The minimum Gasteiger partial charge on any atom is -0.390 e. The van der Waals surface area contributed by atoms with Gasteiger partial charge in [-0.05, 0) is 31.0 Å². The normalized spacial score (nSPS) is 20.6. The monoisotopic (exact) mass is 423 g/mol. The van der Waals surface area contributed by atoms with Crippen molar-refractivity contribution >= 4 is 11.7 Å². The molecule has 3 aromatic rings. The highest BCUT2D eigenvalue weighted by atomic mass is 19.1. The summed E-state index contributed by atoms with van der Waals surface area (Å²) in [6, 6.07) is 8.33. The lowest BCUT2D eigenvalue weighted by Gasteiger charge is -2.33. The number of hydrogen-bond donors (Lipinski definition) is 3. The first-order valence-electron chi connectivity index (χ1n) is 10.2. The smallest absolute Gasteiger partial charge is 0.255 e. The summed E-state index contributed by atoms with van der Waals surface area (Å²) in [5.41, 5.74) is 3.07. The second-order valence-corrected chi connectivity index (χ2v) is 7.95. The lowest BCUT2D eigenvalue weighted by atomic mass is 10.0. The van der Waals surface area contributed by atoms with Gasteiger partial charge in [0, 0.05) is 30.9 Å². The number of hydrogen-bond acceptors (Lipinski definition) is 6. The van der Waals surface area contributed by atoms with Gasteiger partial charge < -0.3 is 20.4 Å². The van der Waals surface area contributed by atoms with E-state index in [1.807, 2.05) is 17.9 Å². The van der Waals surface area contributed by atoms with Crippen molar-refractivity contribution in [2.24, 2.45) is 0 Å². The second kappa shape index (κ2) is 7.44. The number of fused-ring (bicyclic) bond motifs is 1. The first-order valence-corrected chi connectivity index (χ1v) is 10.2. The van der Waals surface area contributed by atoms with Crippen LogP contribution in [0.25, 0.3) is 16.9 Å². The number of aliphatic hydroxyl groups is 2. The van der Waals surface area contributed by atoms with Crippen molar-refractivity contribution in [3.63, 3.8) is 0 Å². The SMILES string of the molecule is Cc1cccc(F)c1-c1cc(-n2ccc(N3CCC(O)C(O)C3)n2)c2c(n1)CNC2=O. The topological polar surface area (TPSA) is 104 Å². The summed E-state index contributed by atoms with van der Waals surface area (Å²) < 4.78 is 16.2. The number of β-amino-alcohol motifs (C(OH)–C–C–N with tert-alkyl or cyclic N) is 1. The zero-order chi connectivity index (χ0) is 21.7. The van der Waals surface area contributed by atoms with E-state index >= 15 is 0 Å². The molecule has 0 spiro atoms. The fraction of sp³-hybridized carbons (Fsp3) is 0.318. The Hall–Kier alpha value is -3.30. The maximum absolute atomic E-state index is 14.6. The zero-order valence-electron chi connectivity index (χ0n) is 16.9. The molecule has 160 valence electrons. The summed E-state index contributed by atoms with van der Waals surface area (Å²) >= 11 is 0. The largest absolute Gasteiger partial charge is 0.390 e. The maximum Gasteiger partial charge on any atom is 0.255 e. The molecule has 5 rings (SSSR count). The number of anilines is 1. The van der Waals surface area contributed by atoms with Crippen molar-refractivity contribution in [3.05, 3.63) is 59.2 Å². The first kappa shape index (κ1) is 19.7. The van der Waals surface area contributed by atoms with E-state index in [1.54, 1.807) is 29.1 Å². The molecule has 0 aliphatic carbocycles. The van der Waals surface area contributed by atoms with Gasteiger partial charge in [0.1, 0.15) is 5.82 Å². The summed E-state index contributed by atoms with van der Waals surface area (Å²) in [6.07, 6.45) is 0.589. The summed E-state index contributed by atoms with van der Waals surface area (Å²) in [5.74, 6) is -0.000823. The average Bonchev–Trinajstić information content (AvgIpc) is 3.37. The number of aromatic nitrogens is 3. The number of nitrogens with one attached hydrogen (secondary N) is 1. The van der Waals surface area contributed by atoms with Crippen LogP contribution in [0.3, 0.4) is 0 Å². The van der Waals surface area contributed by atoms with Crippen molar-refractivity contribution in [1.29, 1.82) is 0 Å². The Bertz CT molecular complexity index is 1160. The highest BCUT2D eigenvalue weighted by Gasteiger charge is 2.29. The molecular formula is C22H22FN5O3. The molecule has 1 saturated heterocycles. The lowest BCUT2D eigenvalue weighted by Crippen LogP contribution is -2.46. The molecule has 2 aromatic heterocycles. The number of rotatable bonds is 3. The third-order valence-corrected chi connectivity index (χ3v) is 5.89. The van der Waals surface area contributed by atoms with Crippen molar-refractivity contribution in [2.75, 3.05) is 18.0 Å². The third kappa shape index (κ3) is 3.35. The van der Waals surface area contributed by atoms with Crippen LogP contribution in [0.4, 0.5) is 10.2 Å². The van der Waals surface area contributed by atoms with E-state index < -0.39 is 12.2 Å². The van der Waals surface area contributed by atoms with E-state index in [1.165, 1.54) is 6.07 Å². The Labute approximate surface area is 178 Å². The van der Waals surface area contributed by atoms with Gasteiger partial charge in [0.2, 0.25) is 0 Å². The Morgan fingerprint density at radius 2 is 2.03 bits per heavy atom. The molecule has 0 radical (unpaired) electrons. The highest BCUT2D eigenvalue weighted by Crippen LogP contribution is 2.31. The fourth-order valence-corrected chi connectivity index (χ4v) is 4.22. The molecule has 8 nitrogen and oxygen atoms in total. The van der Waals surface area contributed by atoms with Gasteiger partial charge in [-0.3, -0.25) is 4.79 Å². The number of piperidine rings is 1. The van der Waals surface area contributed by atoms with Crippen LogP contribution in [0.15, 0.2) is 36.5 Å². The number of nitrogens with zero attached hydrogens (tertiary/aromatic N) is 4. The van der Waals surface area contributed by atoms with Gasteiger partial charge in [-0.15, -0.1) is 0 Å². The number of benzene rings is 1. The molecule has 3 N–H and O–H groups in total. The van der Waals surface area contributed by atoms with Crippen LogP contribution >= 0.6 is 0 Å². The summed E-state index contributed by atoms with van der Waals surface area (Å²) in [6.45, 7) is 2.92. The van der Waals surface area contributed by atoms with Crippen LogP contribution in [-0.2, 0) is 6.54 Å². The third-order valence-electron chi connectivity index (χ3n) is 5.89. The van der Waals surface area contributed by atoms with E-state index in [2.05, 4.69) is 15.4 Å². The van der Waals surface area contributed by atoms with Crippen LogP contribution < -0.4 is 10.2 Å². The van der Waals surface area contributed by atoms with Gasteiger partial charge >= 0.3 is 0 Å².